The number of carbonyl (C=O) groups excluding carboxylic acids is 1. The van der Waals surface area contributed by atoms with Gasteiger partial charge in [-0.25, -0.2) is 0 Å². The second kappa shape index (κ2) is 5.16. The van der Waals surface area contributed by atoms with Crippen molar-refractivity contribution in [2.45, 2.75) is 6.54 Å². The summed E-state index contributed by atoms with van der Waals surface area (Å²) < 4.78 is 5.25. The number of nitrogens with zero attached hydrogens (tertiary/aromatic N) is 1. The molecule has 3 heteroatoms. The van der Waals surface area contributed by atoms with Gasteiger partial charge in [0.15, 0.2) is 0 Å². The van der Waals surface area contributed by atoms with Gasteiger partial charge in [-0.05, 0) is 30.3 Å². The summed E-state index contributed by atoms with van der Waals surface area (Å²) in [6.07, 6.45) is 2.90. The van der Waals surface area contributed by atoms with E-state index in [9.17, 15) is 4.79 Å². The van der Waals surface area contributed by atoms with E-state index in [0.717, 1.165) is 11.4 Å². The van der Waals surface area contributed by atoms with Crippen LogP contribution in [0.25, 0.3) is 0 Å². The predicted molar refractivity (Wildman–Crippen MR) is 66.5 cm³/mol. The molecule has 2 aromatic rings. The van der Waals surface area contributed by atoms with Crippen molar-refractivity contribution in [2.75, 3.05) is 4.90 Å². The fraction of sp³-hybridized carbons (Fsp3) is 0.0714. The van der Waals surface area contributed by atoms with Crippen molar-refractivity contribution in [3.05, 3.63) is 67.1 Å². The first kappa shape index (κ1) is 11.2. The van der Waals surface area contributed by atoms with E-state index in [1.165, 1.54) is 6.08 Å². The molecule has 17 heavy (non-hydrogen) atoms. The molecule has 0 fully saturated rings. The van der Waals surface area contributed by atoms with Gasteiger partial charge in [0, 0.05) is 5.69 Å². The molecule has 3 nitrogen and oxygen atoms in total. The van der Waals surface area contributed by atoms with Crippen molar-refractivity contribution in [1.29, 1.82) is 0 Å². The highest BCUT2D eigenvalue weighted by molar-refractivity contribution is 6.00. The minimum atomic E-state index is -0.146. The van der Waals surface area contributed by atoms with E-state index < -0.39 is 0 Å². The SMILES string of the molecule is C=CC(=O)N(Cc1ccco1)c1ccccc1. The van der Waals surface area contributed by atoms with Crippen molar-refractivity contribution in [3.63, 3.8) is 0 Å². The van der Waals surface area contributed by atoms with Crippen molar-refractivity contribution < 1.29 is 9.21 Å². The molecule has 0 N–H and O–H groups in total. The third kappa shape index (κ3) is 2.64. The first-order valence-corrected chi connectivity index (χ1v) is 5.32. The van der Waals surface area contributed by atoms with Crippen LogP contribution < -0.4 is 4.90 Å². The molecule has 0 aliphatic rings. The third-order valence-electron chi connectivity index (χ3n) is 2.40. The Morgan fingerprint density at radius 2 is 2.00 bits per heavy atom. The molecule has 86 valence electrons. The molecule has 1 aromatic heterocycles. The Balaban J connectivity index is 2.26. The zero-order chi connectivity index (χ0) is 12.1. The lowest BCUT2D eigenvalue weighted by Crippen LogP contribution is -2.28. The monoisotopic (exact) mass is 227 g/mol. The van der Waals surface area contributed by atoms with Gasteiger partial charge in [-0.2, -0.15) is 0 Å². The maximum absolute atomic E-state index is 11.8. The summed E-state index contributed by atoms with van der Waals surface area (Å²) in [5, 5.41) is 0. The van der Waals surface area contributed by atoms with Crippen LogP contribution in [0.4, 0.5) is 5.69 Å². The Morgan fingerprint density at radius 3 is 2.59 bits per heavy atom. The molecule has 0 saturated carbocycles. The summed E-state index contributed by atoms with van der Waals surface area (Å²) in [6.45, 7) is 3.92. The van der Waals surface area contributed by atoms with Gasteiger partial charge in [0.2, 0.25) is 0 Å². The van der Waals surface area contributed by atoms with E-state index in [4.69, 9.17) is 4.42 Å². The quantitative estimate of drug-likeness (QED) is 0.752. The number of amides is 1. The van der Waals surface area contributed by atoms with Gasteiger partial charge in [0.05, 0.1) is 12.8 Å². The predicted octanol–water partition coefficient (Wildman–Crippen LogP) is 3.00. The summed E-state index contributed by atoms with van der Waals surface area (Å²) in [7, 11) is 0. The summed E-state index contributed by atoms with van der Waals surface area (Å²) in [6, 6.07) is 13.1. The van der Waals surface area contributed by atoms with E-state index in [2.05, 4.69) is 6.58 Å². The minimum absolute atomic E-state index is 0.146. The normalized spacial score (nSPS) is 9.88. The highest BCUT2D eigenvalue weighted by Gasteiger charge is 2.14. The zero-order valence-corrected chi connectivity index (χ0v) is 9.37. The van der Waals surface area contributed by atoms with Crippen LogP contribution in [0.5, 0.6) is 0 Å². The molecular weight excluding hydrogens is 214 g/mol. The lowest BCUT2D eigenvalue weighted by atomic mass is 10.2. The fourth-order valence-electron chi connectivity index (χ4n) is 1.57. The van der Waals surface area contributed by atoms with Crippen LogP contribution in [0.15, 0.2) is 65.8 Å². The number of anilines is 1. The molecule has 0 radical (unpaired) electrons. The van der Waals surface area contributed by atoms with E-state index in [1.54, 1.807) is 17.2 Å². The number of hydrogen-bond acceptors (Lipinski definition) is 2. The van der Waals surface area contributed by atoms with E-state index in [1.807, 2.05) is 36.4 Å². The molecule has 0 bridgehead atoms. The van der Waals surface area contributed by atoms with E-state index in [-0.39, 0.29) is 5.91 Å². The topological polar surface area (TPSA) is 33.5 Å². The highest BCUT2D eigenvalue weighted by Crippen LogP contribution is 2.17. The average molecular weight is 227 g/mol. The average Bonchev–Trinajstić information content (AvgIpc) is 2.89. The van der Waals surface area contributed by atoms with Gasteiger partial charge in [-0.1, -0.05) is 24.8 Å². The molecule has 0 atom stereocenters. The van der Waals surface area contributed by atoms with E-state index >= 15 is 0 Å². The van der Waals surface area contributed by atoms with Gasteiger partial charge in [-0.15, -0.1) is 0 Å². The Morgan fingerprint density at radius 1 is 1.24 bits per heavy atom. The second-order valence-electron chi connectivity index (χ2n) is 3.54. The maximum atomic E-state index is 11.8. The molecule has 0 saturated heterocycles. The van der Waals surface area contributed by atoms with Crippen molar-refractivity contribution >= 4 is 11.6 Å². The van der Waals surface area contributed by atoms with Gasteiger partial charge in [-0.3, -0.25) is 4.79 Å². The molecule has 2 rings (SSSR count). The molecule has 0 spiro atoms. The number of carbonyl (C=O) groups is 1. The molecule has 0 aliphatic heterocycles. The first-order chi connectivity index (χ1) is 8.31. The molecule has 0 aliphatic carbocycles. The number of rotatable bonds is 4. The van der Waals surface area contributed by atoms with Gasteiger partial charge in [0.25, 0.3) is 5.91 Å². The van der Waals surface area contributed by atoms with Crippen LogP contribution >= 0.6 is 0 Å². The van der Waals surface area contributed by atoms with Crippen LogP contribution in [-0.4, -0.2) is 5.91 Å². The molecule has 0 unspecified atom stereocenters. The van der Waals surface area contributed by atoms with Crippen LogP contribution in [0, 0.1) is 0 Å². The number of benzene rings is 1. The zero-order valence-electron chi connectivity index (χ0n) is 9.37. The van der Waals surface area contributed by atoms with Crippen LogP contribution in [0.3, 0.4) is 0 Å². The van der Waals surface area contributed by atoms with Crippen LogP contribution in [0.1, 0.15) is 5.76 Å². The summed E-state index contributed by atoms with van der Waals surface area (Å²) in [4.78, 5) is 13.4. The largest absolute Gasteiger partial charge is 0.467 e. The number of furan rings is 1. The molecule has 1 heterocycles. The van der Waals surface area contributed by atoms with Crippen LogP contribution in [-0.2, 0) is 11.3 Å². The maximum Gasteiger partial charge on any atom is 0.250 e. The van der Waals surface area contributed by atoms with Crippen LogP contribution in [0.2, 0.25) is 0 Å². The summed E-state index contributed by atoms with van der Waals surface area (Å²) >= 11 is 0. The Labute approximate surface area is 100.0 Å². The Bertz CT molecular complexity index is 488. The van der Waals surface area contributed by atoms with Gasteiger partial charge < -0.3 is 9.32 Å². The standard InChI is InChI=1S/C14H13NO2/c1-2-14(16)15(11-13-9-6-10-17-13)12-7-4-3-5-8-12/h2-10H,1,11H2. The van der Waals surface area contributed by atoms with E-state index in [0.29, 0.717) is 6.54 Å². The Hall–Kier alpha value is -2.29. The smallest absolute Gasteiger partial charge is 0.250 e. The minimum Gasteiger partial charge on any atom is -0.467 e. The van der Waals surface area contributed by atoms with Crippen molar-refractivity contribution in [2.24, 2.45) is 0 Å². The first-order valence-electron chi connectivity index (χ1n) is 5.32. The van der Waals surface area contributed by atoms with Gasteiger partial charge in [0.1, 0.15) is 5.76 Å². The molecule has 1 aromatic carbocycles. The lowest BCUT2D eigenvalue weighted by molar-refractivity contribution is -0.114. The molecule has 1 amide bonds. The summed E-state index contributed by atoms with van der Waals surface area (Å²) in [5.41, 5.74) is 0.828. The lowest BCUT2D eigenvalue weighted by Gasteiger charge is -2.19. The van der Waals surface area contributed by atoms with Crippen molar-refractivity contribution in [1.82, 2.24) is 0 Å². The fourth-order valence-corrected chi connectivity index (χ4v) is 1.57. The highest BCUT2D eigenvalue weighted by atomic mass is 16.3. The van der Waals surface area contributed by atoms with Gasteiger partial charge >= 0.3 is 0 Å². The number of hydrogen-bond donors (Lipinski definition) is 0. The molecular formula is C14H13NO2. The Kier molecular flexibility index (Phi) is 3.40. The van der Waals surface area contributed by atoms with Crippen molar-refractivity contribution in [3.8, 4) is 0 Å². The second-order valence-corrected chi connectivity index (χ2v) is 3.54. The summed E-state index contributed by atoms with van der Waals surface area (Å²) in [5.74, 6) is 0.594. The third-order valence-corrected chi connectivity index (χ3v) is 2.40. The number of para-hydroxylation sites is 1.